The largest absolute Gasteiger partial charge is 0.370 e. The van der Waals surface area contributed by atoms with E-state index in [1.807, 2.05) is 25.1 Å². The molecule has 0 saturated heterocycles. The van der Waals surface area contributed by atoms with E-state index in [9.17, 15) is 0 Å². The predicted octanol–water partition coefficient (Wildman–Crippen LogP) is 2.45. The number of benzene rings is 1. The average Bonchev–Trinajstić information content (AvgIpc) is 2.80. The van der Waals surface area contributed by atoms with Crippen molar-refractivity contribution in [1.29, 1.82) is 0 Å². The molecule has 1 aromatic carbocycles. The van der Waals surface area contributed by atoms with E-state index >= 15 is 0 Å². The minimum Gasteiger partial charge on any atom is -0.370 e. The number of aromatic nitrogens is 2. The van der Waals surface area contributed by atoms with Gasteiger partial charge in [-0.2, -0.15) is 4.98 Å². The van der Waals surface area contributed by atoms with Crippen molar-refractivity contribution in [3.63, 3.8) is 0 Å². The highest BCUT2D eigenvalue weighted by Gasteiger charge is 2.18. The van der Waals surface area contributed by atoms with Crippen LogP contribution in [0.4, 0.5) is 0 Å². The number of methoxy groups -OCH3 is 1. The van der Waals surface area contributed by atoms with Crippen LogP contribution in [0.2, 0.25) is 0 Å². The van der Waals surface area contributed by atoms with Crippen molar-refractivity contribution in [2.45, 2.75) is 13.0 Å². The quantitative estimate of drug-likeness (QED) is 0.938. The number of hydrogen-bond acceptors (Lipinski definition) is 5. The molecule has 0 aliphatic carbocycles. The van der Waals surface area contributed by atoms with Gasteiger partial charge in [0.25, 0.3) is 5.89 Å². The van der Waals surface area contributed by atoms with Gasteiger partial charge in [0.15, 0.2) is 0 Å². The lowest BCUT2D eigenvalue weighted by Crippen LogP contribution is -2.14. The van der Waals surface area contributed by atoms with E-state index in [0.29, 0.717) is 18.3 Å². The molecular weight excluding hydrogens is 298 g/mol. The number of nitrogens with zero attached hydrogens (tertiary/aromatic N) is 2. The molecule has 0 fully saturated rings. The van der Waals surface area contributed by atoms with Crippen LogP contribution >= 0.6 is 15.9 Å². The fraction of sp³-hybridized carbons (Fsp3) is 0.333. The maximum atomic E-state index is 5.55. The summed E-state index contributed by atoms with van der Waals surface area (Å²) < 4.78 is 11.2. The fourth-order valence-corrected chi connectivity index (χ4v) is 2.25. The van der Waals surface area contributed by atoms with Crippen LogP contribution in [0.25, 0.3) is 11.4 Å². The minimum atomic E-state index is -0.365. The summed E-state index contributed by atoms with van der Waals surface area (Å²) in [6, 6.07) is 5.94. The van der Waals surface area contributed by atoms with Gasteiger partial charge < -0.3 is 15.0 Å². The van der Waals surface area contributed by atoms with Gasteiger partial charge >= 0.3 is 0 Å². The van der Waals surface area contributed by atoms with E-state index in [1.165, 1.54) is 0 Å². The van der Waals surface area contributed by atoms with E-state index in [2.05, 4.69) is 26.1 Å². The van der Waals surface area contributed by atoms with E-state index in [-0.39, 0.29) is 6.10 Å². The Morgan fingerprint density at radius 3 is 2.89 bits per heavy atom. The van der Waals surface area contributed by atoms with Gasteiger partial charge in [-0.1, -0.05) is 27.2 Å². The molecule has 1 unspecified atom stereocenters. The SMILES string of the molecule is COC(CN)c1nc(-c2ccc(C)cc2Br)no1. The Balaban J connectivity index is 2.34. The number of ether oxygens (including phenoxy) is 1. The number of hydrogen-bond donors (Lipinski definition) is 1. The fourth-order valence-electron chi connectivity index (χ4n) is 1.57. The summed E-state index contributed by atoms with van der Waals surface area (Å²) in [6.45, 7) is 2.32. The van der Waals surface area contributed by atoms with Crippen molar-refractivity contribution >= 4 is 15.9 Å². The van der Waals surface area contributed by atoms with Crippen molar-refractivity contribution in [2.24, 2.45) is 5.73 Å². The Kier molecular flexibility index (Phi) is 4.11. The van der Waals surface area contributed by atoms with Gasteiger partial charge in [-0.05, 0) is 24.6 Å². The van der Waals surface area contributed by atoms with Gasteiger partial charge in [-0.15, -0.1) is 0 Å². The maximum Gasteiger partial charge on any atom is 0.257 e. The molecule has 2 N–H and O–H groups in total. The van der Waals surface area contributed by atoms with Gasteiger partial charge in [0, 0.05) is 23.7 Å². The molecule has 0 amide bonds. The Morgan fingerprint density at radius 1 is 1.50 bits per heavy atom. The zero-order valence-electron chi connectivity index (χ0n) is 10.2. The lowest BCUT2D eigenvalue weighted by Gasteiger charge is -2.05. The van der Waals surface area contributed by atoms with Gasteiger partial charge in [0.2, 0.25) is 5.82 Å². The second-order valence-electron chi connectivity index (χ2n) is 3.90. The Labute approximate surface area is 113 Å². The summed E-state index contributed by atoms with van der Waals surface area (Å²) in [6.07, 6.45) is -0.365. The topological polar surface area (TPSA) is 74.2 Å². The van der Waals surface area contributed by atoms with Gasteiger partial charge in [0.1, 0.15) is 6.10 Å². The second kappa shape index (κ2) is 5.60. The number of nitrogens with two attached hydrogens (primary N) is 1. The van der Waals surface area contributed by atoms with Crippen LogP contribution in [0.5, 0.6) is 0 Å². The number of aryl methyl sites for hydroxylation is 1. The molecule has 0 bridgehead atoms. The van der Waals surface area contributed by atoms with Gasteiger partial charge in [-0.25, -0.2) is 0 Å². The molecule has 5 nitrogen and oxygen atoms in total. The molecule has 6 heteroatoms. The molecule has 96 valence electrons. The molecule has 0 radical (unpaired) electrons. The molecule has 1 aromatic heterocycles. The third-order valence-corrected chi connectivity index (χ3v) is 3.24. The van der Waals surface area contributed by atoms with Crippen molar-refractivity contribution in [3.8, 4) is 11.4 Å². The van der Waals surface area contributed by atoms with E-state index < -0.39 is 0 Å². The summed E-state index contributed by atoms with van der Waals surface area (Å²) in [4.78, 5) is 4.30. The highest BCUT2D eigenvalue weighted by molar-refractivity contribution is 9.10. The minimum absolute atomic E-state index is 0.299. The molecule has 0 saturated carbocycles. The standard InChI is InChI=1S/C12H14BrN3O2/c1-7-3-4-8(9(13)5-7)11-15-12(18-16-11)10(6-14)17-2/h3-5,10H,6,14H2,1-2H3. The van der Waals surface area contributed by atoms with Gasteiger partial charge in [-0.3, -0.25) is 0 Å². The zero-order chi connectivity index (χ0) is 13.1. The highest BCUT2D eigenvalue weighted by Crippen LogP contribution is 2.28. The molecule has 2 rings (SSSR count). The van der Waals surface area contributed by atoms with E-state index in [1.54, 1.807) is 7.11 Å². The maximum absolute atomic E-state index is 5.55. The van der Waals surface area contributed by atoms with Crippen LogP contribution in [0, 0.1) is 6.92 Å². The molecule has 18 heavy (non-hydrogen) atoms. The summed E-state index contributed by atoms with van der Waals surface area (Å²) in [5, 5.41) is 3.94. The first-order chi connectivity index (χ1) is 8.65. The molecule has 0 aliphatic rings. The molecule has 1 atom stereocenters. The first-order valence-corrected chi connectivity index (χ1v) is 6.28. The van der Waals surface area contributed by atoms with Crippen molar-refractivity contribution < 1.29 is 9.26 Å². The molecule has 1 heterocycles. The number of rotatable bonds is 4. The third kappa shape index (κ3) is 2.60. The van der Waals surface area contributed by atoms with Crippen LogP contribution in [0.1, 0.15) is 17.6 Å². The van der Waals surface area contributed by atoms with Crippen LogP contribution in [-0.4, -0.2) is 23.8 Å². The summed E-state index contributed by atoms with van der Waals surface area (Å²) in [5.41, 5.74) is 7.59. The van der Waals surface area contributed by atoms with Crippen LogP contribution in [0.3, 0.4) is 0 Å². The lowest BCUT2D eigenvalue weighted by atomic mass is 10.1. The van der Waals surface area contributed by atoms with E-state index in [4.69, 9.17) is 15.0 Å². The van der Waals surface area contributed by atoms with Crippen LogP contribution < -0.4 is 5.73 Å². The lowest BCUT2D eigenvalue weighted by molar-refractivity contribution is 0.0804. The van der Waals surface area contributed by atoms with Crippen LogP contribution in [0.15, 0.2) is 27.2 Å². The average molecular weight is 312 g/mol. The first-order valence-electron chi connectivity index (χ1n) is 5.48. The Morgan fingerprint density at radius 2 is 2.28 bits per heavy atom. The van der Waals surface area contributed by atoms with Crippen molar-refractivity contribution in [3.05, 3.63) is 34.1 Å². The Hall–Kier alpha value is -1.24. The first kappa shape index (κ1) is 13.2. The summed E-state index contributed by atoms with van der Waals surface area (Å²) >= 11 is 3.49. The van der Waals surface area contributed by atoms with Gasteiger partial charge in [0.05, 0.1) is 0 Å². The second-order valence-corrected chi connectivity index (χ2v) is 4.75. The summed E-state index contributed by atoms with van der Waals surface area (Å²) in [5.74, 6) is 0.912. The number of halogens is 1. The van der Waals surface area contributed by atoms with Crippen molar-refractivity contribution in [1.82, 2.24) is 10.1 Å². The molecule has 0 spiro atoms. The highest BCUT2D eigenvalue weighted by atomic mass is 79.9. The molecule has 0 aliphatic heterocycles. The monoisotopic (exact) mass is 311 g/mol. The van der Waals surface area contributed by atoms with Crippen molar-refractivity contribution in [2.75, 3.05) is 13.7 Å². The Bertz CT molecular complexity index is 538. The van der Waals surface area contributed by atoms with E-state index in [0.717, 1.165) is 15.6 Å². The normalized spacial score (nSPS) is 12.7. The predicted molar refractivity (Wildman–Crippen MR) is 71.0 cm³/mol. The smallest absolute Gasteiger partial charge is 0.257 e. The zero-order valence-corrected chi connectivity index (χ0v) is 11.8. The third-order valence-electron chi connectivity index (χ3n) is 2.58. The van der Waals surface area contributed by atoms with Crippen LogP contribution in [-0.2, 0) is 4.74 Å². The molecule has 2 aromatic rings. The molecular formula is C12H14BrN3O2. The summed E-state index contributed by atoms with van der Waals surface area (Å²) in [7, 11) is 1.56.